The van der Waals surface area contributed by atoms with Crippen LogP contribution in [0.4, 0.5) is 11.4 Å². The Kier molecular flexibility index (Phi) is 4.91. The van der Waals surface area contributed by atoms with Crippen LogP contribution in [0.1, 0.15) is 35.2 Å². The number of nitrogens with one attached hydrogen (secondary N) is 1. The molecule has 1 saturated carbocycles. The molecular formula is C25H21ClN2O3. The van der Waals surface area contributed by atoms with E-state index < -0.39 is 5.72 Å². The van der Waals surface area contributed by atoms with Crippen LogP contribution >= 0.6 is 11.6 Å². The molecule has 3 aromatic carbocycles. The van der Waals surface area contributed by atoms with E-state index in [1.165, 1.54) is 0 Å². The summed E-state index contributed by atoms with van der Waals surface area (Å²) in [7, 11) is 0. The zero-order chi connectivity index (χ0) is 21.4. The Morgan fingerprint density at radius 3 is 2.19 bits per heavy atom. The minimum Gasteiger partial charge on any atom is -0.441 e. The van der Waals surface area contributed by atoms with Crippen LogP contribution in [0.5, 0.6) is 0 Å². The van der Waals surface area contributed by atoms with Gasteiger partial charge in [-0.25, -0.2) is 0 Å². The van der Waals surface area contributed by atoms with Crippen LogP contribution in [0.25, 0.3) is 11.1 Å². The van der Waals surface area contributed by atoms with Gasteiger partial charge in [0.2, 0.25) is 0 Å². The minimum atomic E-state index is -0.771. The summed E-state index contributed by atoms with van der Waals surface area (Å²) in [5, 5.41) is 4.04. The van der Waals surface area contributed by atoms with E-state index in [0.29, 0.717) is 36.4 Å². The summed E-state index contributed by atoms with van der Waals surface area (Å²) in [6.07, 6.45) is 2.34. The Balaban J connectivity index is 1.35. The molecule has 0 spiro atoms. The molecule has 1 amide bonds. The third kappa shape index (κ3) is 3.55. The van der Waals surface area contributed by atoms with Gasteiger partial charge in [-0.1, -0.05) is 35.9 Å². The van der Waals surface area contributed by atoms with Gasteiger partial charge in [0, 0.05) is 34.8 Å². The first-order chi connectivity index (χ1) is 15.1. The van der Waals surface area contributed by atoms with E-state index in [2.05, 4.69) is 5.32 Å². The molecule has 6 heteroatoms. The van der Waals surface area contributed by atoms with Gasteiger partial charge in [-0.15, -0.1) is 0 Å². The smallest absolute Gasteiger partial charge is 0.295 e. The maximum atomic E-state index is 13.1. The third-order valence-electron chi connectivity index (χ3n) is 6.16. The quantitative estimate of drug-likeness (QED) is 0.503. The van der Waals surface area contributed by atoms with Gasteiger partial charge in [0.15, 0.2) is 5.72 Å². The number of carbonyl (C=O) groups excluding carboxylic acids is 2. The van der Waals surface area contributed by atoms with Gasteiger partial charge in [0.05, 0.1) is 6.54 Å². The van der Waals surface area contributed by atoms with E-state index >= 15 is 0 Å². The van der Waals surface area contributed by atoms with Crippen molar-refractivity contribution in [2.24, 2.45) is 0 Å². The standard InChI is InChI=1S/C25H21ClN2O3/c26-20-6-10-22(11-7-20)27-21-8-4-17(5-9-21)18-2-3-19-15-28(24(30)23(19)14-18)25(31-16-29)12-1-13-25/h2-11,14,16,27H,1,12-13,15H2. The molecule has 0 bridgehead atoms. The van der Waals surface area contributed by atoms with E-state index in [-0.39, 0.29) is 5.91 Å². The van der Waals surface area contributed by atoms with Gasteiger partial charge in [-0.3, -0.25) is 14.5 Å². The van der Waals surface area contributed by atoms with Gasteiger partial charge in [0.1, 0.15) is 0 Å². The highest BCUT2D eigenvalue weighted by Gasteiger charge is 2.50. The van der Waals surface area contributed by atoms with Gasteiger partial charge in [-0.2, -0.15) is 0 Å². The maximum Gasteiger partial charge on any atom is 0.295 e. The van der Waals surface area contributed by atoms with Crippen LogP contribution in [0.3, 0.4) is 0 Å². The molecule has 0 atom stereocenters. The molecular weight excluding hydrogens is 412 g/mol. The summed E-state index contributed by atoms with van der Waals surface area (Å²) in [6.45, 7) is 0.937. The highest BCUT2D eigenvalue weighted by atomic mass is 35.5. The van der Waals surface area contributed by atoms with Crippen molar-refractivity contribution in [2.75, 3.05) is 5.32 Å². The summed E-state index contributed by atoms with van der Waals surface area (Å²) in [6, 6.07) is 21.6. The predicted octanol–water partition coefficient (Wildman–Crippen LogP) is 5.76. The first-order valence-electron chi connectivity index (χ1n) is 10.3. The highest BCUT2D eigenvalue weighted by molar-refractivity contribution is 6.30. The van der Waals surface area contributed by atoms with Crippen molar-refractivity contribution in [3.05, 3.63) is 82.9 Å². The lowest BCUT2D eigenvalue weighted by Crippen LogP contribution is -2.55. The van der Waals surface area contributed by atoms with Gasteiger partial charge < -0.3 is 10.1 Å². The van der Waals surface area contributed by atoms with Gasteiger partial charge in [0.25, 0.3) is 12.4 Å². The van der Waals surface area contributed by atoms with Crippen molar-refractivity contribution in [3.8, 4) is 11.1 Å². The van der Waals surface area contributed by atoms with E-state index in [1.54, 1.807) is 4.90 Å². The number of benzene rings is 3. The molecule has 156 valence electrons. The molecule has 0 radical (unpaired) electrons. The number of ether oxygens (including phenoxy) is 1. The van der Waals surface area contributed by atoms with Crippen molar-refractivity contribution in [1.82, 2.24) is 4.90 Å². The Morgan fingerprint density at radius 1 is 0.935 bits per heavy atom. The summed E-state index contributed by atoms with van der Waals surface area (Å²) in [5.74, 6) is -0.0700. The molecule has 0 unspecified atom stereocenters. The van der Waals surface area contributed by atoms with Crippen LogP contribution in [0, 0.1) is 0 Å². The lowest BCUT2D eigenvalue weighted by molar-refractivity contribution is -0.185. The fourth-order valence-corrected chi connectivity index (χ4v) is 4.40. The highest BCUT2D eigenvalue weighted by Crippen LogP contribution is 2.43. The summed E-state index contributed by atoms with van der Waals surface area (Å²) in [4.78, 5) is 25.8. The molecule has 5 nitrogen and oxygen atoms in total. The molecule has 0 saturated heterocycles. The average Bonchev–Trinajstić information content (AvgIpc) is 3.09. The van der Waals surface area contributed by atoms with E-state index in [1.807, 2.05) is 66.7 Å². The predicted molar refractivity (Wildman–Crippen MR) is 120 cm³/mol. The van der Waals surface area contributed by atoms with Crippen molar-refractivity contribution in [3.63, 3.8) is 0 Å². The zero-order valence-electron chi connectivity index (χ0n) is 16.8. The third-order valence-corrected chi connectivity index (χ3v) is 6.41. The van der Waals surface area contributed by atoms with Crippen LogP contribution < -0.4 is 5.32 Å². The zero-order valence-corrected chi connectivity index (χ0v) is 17.6. The second-order valence-corrected chi connectivity index (χ2v) is 8.42. The number of nitrogens with zero attached hydrogens (tertiary/aromatic N) is 1. The van der Waals surface area contributed by atoms with E-state index in [9.17, 15) is 9.59 Å². The summed E-state index contributed by atoms with van der Waals surface area (Å²) < 4.78 is 5.34. The Hall–Kier alpha value is -3.31. The minimum absolute atomic E-state index is 0.0700. The summed E-state index contributed by atoms with van der Waals surface area (Å²) >= 11 is 5.94. The van der Waals surface area contributed by atoms with Crippen LogP contribution in [0.15, 0.2) is 66.7 Å². The second kappa shape index (κ2) is 7.75. The molecule has 31 heavy (non-hydrogen) atoms. The van der Waals surface area contributed by atoms with Crippen LogP contribution in [-0.4, -0.2) is 23.0 Å². The topological polar surface area (TPSA) is 58.6 Å². The van der Waals surface area contributed by atoms with Gasteiger partial charge in [-0.05, 0) is 65.6 Å². The first kappa shape index (κ1) is 19.6. The van der Waals surface area contributed by atoms with E-state index in [0.717, 1.165) is 34.5 Å². The Bertz CT molecular complexity index is 1140. The fourth-order valence-electron chi connectivity index (χ4n) is 4.28. The van der Waals surface area contributed by atoms with Crippen molar-refractivity contribution in [2.45, 2.75) is 31.5 Å². The van der Waals surface area contributed by atoms with Crippen molar-refractivity contribution in [1.29, 1.82) is 0 Å². The number of rotatable bonds is 6. The molecule has 1 aliphatic carbocycles. The number of hydrogen-bond donors (Lipinski definition) is 1. The largest absolute Gasteiger partial charge is 0.441 e. The van der Waals surface area contributed by atoms with Crippen LogP contribution in [-0.2, 0) is 16.1 Å². The molecule has 1 fully saturated rings. The SMILES string of the molecule is O=COC1(N2Cc3ccc(-c4ccc(Nc5ccc(Cl)cc5)cc4)cc3C2=O)CCC1. The maximum absolute atomic E-state index is 13.1. The number of amides is 1. The molecule has 2 aliphatic rings. The number of carbonyl (C=O) groups is 2. The average molecular weight is 433 g/mol. The molecule has 1 heterocycles. The number of hydrogen-bond acceptors (Lipinski definition) is 4. The van der Waals surface area contributed by atoms with Crippen molar-refractivity contribution >= 4 is 35.4 Å². The lowest BCUT2D eigenvalue weighted by Gasteiger charge is -2.46. The Labute approximate surface area is 185 Å². The normalized spacial score (nSPS) is 16.4. The number of fused-ring (bicyclic) bond motifs is 1. The monoisotopic (exact) mass is 432 g/mol. The lowest BCUT2D eigenvalue weighted by atomic mass is 9.86. The molecule has 3 aromatic rings. The van der Waals surface area contributed by atoms with Crippen molar-refractivity contribution < 1.29 is 14.3 Å². The molecule has 0 aromatic heterocycles. The molecule has 5 rings (SSSR count). The summed E-state index contributed by atoms with van der Waals surface area (Å²) in [5.41, 5.74) is 4.81. The first-order valence-corrected chi connectivity index (χ1v) is 10.7. The second-order valence-electron chi connectivity index (χ2n) is 7.99. The van der Waals surface area contributed by atoms with Gasteiger partial charge >= 0.3 is 0 Å². The Morgan fingerprint density at radius 2 is 1.58 bits per heavy atom. The fraction of sp³-hybridized carbons (Fsp3) is 0.200. The molecule has 1 N–H and O–H groups in total. The van der Waals surface area contributed by atoms with Crippen LogP contribution in [0.2, 0.25) is 5.02 Å². The molecule has 1 aliphatic heterocycles. The number of anilines is 2. The number of halogens is 1. The van der Waals surface area contributed by atoms with E-state index in [4.69, 9.17) is 16.3 Å².